The highest BCUT2D eigenvalue weighted by Crippen LogP contribution is 2.25. The minimum absolute atomic E-state index is 0.0148. The molecule has 2 aromatic rings. The molecule has 1 aromatic heterocycles. The van der Waals surface area contributed by atoms with Crippen LogP contribution in [0.2, 0.25) is 0 Å². The number of rotatable bonds is 6. The number of methoxy groups -OCH3 is 1. The van der Waals surface area contributed by atoms with Gasteiger partial charge in [0.1, 0.15) is 5.75 Å². The lowest BCUT2D eigenvalue weighted by atomic mass is 9.92. The SMILES string of the molecule is COc1c(C)cnc(CNC(=O)CC(C)(O)c2ccccc2)c1C. The third kappa shape index (κ3) is 4.11. The Bertz CT molecular complexity index is 712. The average molecular weight is 328 g/mol. The van der Waals surface area contributed by atoms with Gasteiger partial charge >= 0.3 is 0 Å². The molecule has 1 aromatic carbocycles. The van der Waals surface area contributed by atoms with Crippen LogP contribution in [0.3, 0.4) is 0 Å². The molecule has 0 bridgehead atoms. The first-order valence-electron chi connectivity index (χ1n) is 7.89. The molecule has 0 aliphatic heterocycles. The van der Waals surface area contributed by atoms with Gasteiger partial charge in [0, 0.05) is 17.3 Å². The molecule has 1 atom stereocenters. The van der Waals surface area contributed by atoms with Crippen LogP contribution in [0.1, 0.15) is 35.7 Å². The van der Waals surface area contributed by atoms with Gasteiger partial charge in [0.15, 0.2) is 0 Å². The molecule has 0 saturated heterocycles. The topological polar surface area (TPSA) is 71.5 Å². The number of benzene rings is 1. The molecule has 1 heterocycles. The molecule has 0 fully saturated rings. The largest absolute Gasteiger partial charge is 0.496 e. The standard InChI is InChI=1S/C19H24N2O3/c1-13-11-20-16(14(2)18(13)24-4)12-21-17(22)10-19(3,23)15-8-6-5-7-9-15/h5-9,11,23H,10,12H2,1-4H3,(H,21,22). The molecule has 128 valence electrons. The molecular weight excluding hydrogens is 304 g/mol. The summed E-state index contributed by atoms with van der Waals surface area (Å²) in [5.41, 5.74) is 2.13. The third-order valence-electron chi connectivity index (χ3n) is 4.10. The number of aromatic nitrogens is 1. The Morgan fingerprint density at radius 3 is 2.58 bits per heavy atom. The van der Waals surface area contributed by atoms with Gasteiger partial charge in [-0.2, -0.15) is 0 Å². The van der Waals surface area contributed by atoms with Gasteiger partial charge in [-0.15, -0.1) is 0 Å². The summed E-state index contributed by atoms with van der Waals surface area (Å²) in [4.78, 5) is 16.6. The summed E-state index contributed by atoms with van der Waals surface area (Å²) in [6, 6.07) is 9.17. The normalized spacial score (nSPS) is 13.2. The lowest BCUT2D eigenvalue weighted by Gasteiger charge is -2.23. The van der Waals surface area contributed by atoms with Crippen molar-refractivity contribution in [2.45, 2.75) is 39.3 Å². The number of pyridine rings is 1. The molecular formula is C19H24N2O3. The number of aliphatic hydroxyl groups is 1. The van der Waals surface area contributed by atoms with Gasteiger partial charge in [-0.25, -0.2) is 0 Å². The van der Waals surface area contributed by atoms with Crippen molar-refractivity contribution in [2.24, 2.45) is 0 Å². The summed E-state index contributed by atoms with van der Waals surface area (Å²) < 4.78 is 5.37. The average Bonchev–Trinajstić information content (AvgIpc) is 2.55. The highest BCUT2D eigenvalue weighted by molar-refractivity contribution is 5.77. The molecule has 0 saturated carbocycles. The lowest BCUT2D eigenvalue weighted by molar-refractivity contribution is -0.126. The molecule has 0 spiro atoms. The van der Waals surface area contributed by atoms with E-state index in [2.05, 4.69) is 10.3 Å². The van der Waals surface area contributed by atoms with Crippen LogP contribution in [0.5, 0.6) is 5.75 Å². The third-order valence-corrected chi connectivity index (χ3v) is 4.10. The molecule has 0 radical (unpaired) electrons. The highest BCUT2D eigenvalue weighted by Gasteiger charge is 2.26. The van der Waals surface area contributed by atoms with Gasteiger partial charge in [-0.1, -0.05) is 30.3 Å². The van der Waals surface area contributed by atoms with E-state index in [1.807, 2.05) is 44.2 Å². The van der Waals surface area contributed by atoms with Crippen molar-refractivity contribution in [3.05, 3.63) is 58.9 Å². The van der Waals surface area contributed by atoms with Gasteiger partial charge in [-0.3, -0.25) is 9.78 Å². The number of amides is 1. The fourth-order valence-electron chi connectivity index (χ4n) is 2.71. The van der Waals surface area contributed by atoms with E-state index in [-0.39, 0.29) is 12.3 Å². The second-order valence-corrected chi connectivity index (χ2v) is 6.14. The van der Waals surface area contributed by atoms with Crippen molar-refractivity contribution in [3.8, 4) is 5.75 Å². The van der Waals surface area contributed by atoms with Crippen molar-refractivity contribution in [1.82, 2.24) is 10.3 Å². The zero-order chi connectivity index (χ0) is 17.7. The first kappa shape index (κ1) is 17.9. The molecule has 24 heavy (non-hydrogen) atoms. The lowest BCUT2D eigenvalue weighted by Crippen LogP contribution is -2.32. The van der Waals surface area contributed by atoms with Crippen LogP contribution in [0.15, 0.2) is 36.5 Å². The molecule has 1 amide bonds. The Labute approximate surface area is 142 Å². The maximum Gasteiger partial charge on any atom is 0.223 e. The smallest absolute Gasteiger partial charge is 0.223 e. The van der Waals surface area contributed by atoms with E-state index >= 15 is 0 Å². The number of carbonyl (C=O) groups is 1. The van der Waals surface area contributed by atoms with E-state index in [0.717, 1.165) is 22.6 Å². The Hall–Kier alpha value is -2.40. The predicted octanol–water partition coefficient (Wildman–Crippen LogP) is 2.62. The van der Waals surface area contributed by atoms with Crippen LogP contribution in [0.4, 0.5) is 0 Å². The monoisotopic (exact) mass is 328 g/mol. The summed E-state index contributed by atoms with van der Waals surface area (Å²) in [7, 11) is 1.62. The van der Waals surface area contributed by atoms with E-state index in [9.17, 15) is 9.90 Å². The van der Waals surface area contributed by atoms with E-state index in [4.69, 9.17) is 4.74 Å². The summed E-state index contributed by atoms with van der Waals surface area (Å²) in [6.07, 6.45) is 1.71. The highest BCUT2D eigenvalue weighted by atomic mass is 16.5. The molecule has 5 heteroatoms. The second-order valence-electron chi connectivity index (χ2n) is 6.14. The molecule has 2 N–H and O–H groups in total. The first-order valence-corrected chi connectivity index (χ1v) is 7.89. The molecule has 2 rings (SSSR count). The minimum Gasteiger partial charge on any atom is -0.496 e. The van der Waals surface area contributed by atoms with Crippen LogP contribution >= 0.6 is 0 Å². The quantitative estimate of drug-likeness (QED) is 0.855. The number of hydrogen-bond acceptors (Lipinski definition) is 4. The second kappa shape index (κ2) is 7.45. The molecule has 0 aliphatic carbocycles. The van der Waals surface area contributed by atoms with Gasteiger partial charge < -0.3 is 15.2 Å². The summed E-state index contributed by atoms with van der Waals surface area (Å²) >= 11 is 0. The van der Waals surface area contributed by atoms with Gasteiger partial charge in [0.2, 0.25) is 5.91 Å². The van der Waals surface area contributed by atoms with Crippen LogP contribution in [0.25, 0.3) is 0 Å². The van der Waals surface area contributed by atoms with Crippen LogP contribution < -0.4 is 10.1 Å². The van der Waals surface area contributed by atoms with Crippen molar-refractivity contribution in [1.29, 1.82) is 0 Å². The van der Waals surface area contributed by atoms with Crippen molar-refractivity contribution in [2.75, 3.05) is 7.11 Å². The number of ether oxygens (including phenoxy) is 1. The summed E-state index contributed by atoms with van der Waals surface area (Å²) in [6.45, 7) is 5.78. The molecule has 0 aliphatic rings. The van der Waals surface area contributed by atoms with Gasteiger partial charge in [0.25, 0.3) is 0 Å². The van der Waals surface area contributed by atoms with Crippen molar-refractivity contribution in [3.63, 3.8) is 0 Å². The Morgan fingerprint density at radius 1 is 1.29 bits per heavy atom. The number of nitrogens with one attached hydrogen (secondary N) is 1. The van der Waals surface area contributed by atoms with Gasteiger partial charge in [0.05, 0.1) is 31.4 Å². The first-order chi connectivity index (χ1) is 11.3. The minimum atomic E-state index is -1.21. The van der Waals surface area contributed by atoms with Crippen molar-refractivity contribution < 1.29 is 14.6 Å². The van der Waals surface area contributed by atoms with Crippen LogP contribution in [-0.2, 0) is 16.9 Å². The predicted molar refractivity (Wildman–Crippen MR) is 92.7 cm³/mol. The summed E-state index contributed by atoms with van der Waals surface area (Å²) in [5, 5.41) is 13.3. The van der Waals surface area contributed by atoms with E-state index in [0.29, 0.717) is 12.1 Å². The number of hydrogen-bond donors (Lipinski definition) is 2. The Balaban J connectivity index is 2.01. The van der Waals surface area contributed by atoms with Gasteiger partial charge in [-0.05, 0) is 26.3 Å². The van der Waals surface area contributed by atoms with Crippen molar-refractivity contribution >= 4 is 5.91 Å². The Kier molecular flexibility index (Phi) is 5.57. The zero-order valence-corrected chi connectivity index (χ0v) is 14.6. The van der Waals surface area contributed by atoms with Crippen LogP contribution in [-0.4, -0.2) is 23.1 Å². The maximum atomic E-state index is 12.2. The fourth-order valence-corrected chi connectivity index (χ4v) is 2.71. The summed E-state index contributed by atoms with van der Waals surface area (Å²) in [5.74, 6) is 0.551. The maximum absolute atomic E-state index is 12.2. The van der Waals surface area contributed by atoms with E-state index in [1.54, 1.807) is 20.2 Å². The fraction of sp³-hybridized carbons (Fsp3) is 0.368. The molecule has 5 nitrogen and oxygen atoms in total. The Morgan fingerprint density at radius 2 is 1.96 bits per heavy atom. The van der Waals surface area contributed by atoms with E-state index in [1.165, 1.54) is 0 Å². The van der Waals surface area contributed by atoms with E-state index < -0.39 is 5.60 Å². The molecule has 1 unspecified atom stereocenters. The number of aryl methyl sites for hydroxylation is 1. The number of carbonyl (C=O) groups excluding carboxylic acids is 1. The number of nitrogens with zero attached hydrogens (tertiary/aromatic N) is 1. The van der Waals surface area contributed by atoms with Crippen LogP contribution in [0, 0.1) is 13.8 Å². The zero-order valence-electron chi connectivity index (χ0n) is 14.6.